The van der Waals surface area contributed by atoms with Crippen molar-refractivity contribution in [3.63, 3.8) is 0 Å². The van der Waals surface area contributed by atoms with Gasteiger partial charge in [-0.3, -0.25) is 9.59 Å². The van der Waals surface area contributed by atoms with Gasteiger partial charge in [0.2, 0.25) is 5.91 Å². The second-order valence-corrected chi connectivity index (χ2v) is 7.02. The van der Waals surface area contributed by atoms with Crippen LogP contribution < -0.4 is 5.32 Å². The zero-order valence-electron chi connectivity index (χ0n) is 15.5. The van der Waals surface area contributed by atoms with Gasteiger partial charge < -0.3 is 15.1 Å². The minimum absolute atomic E-state index is 0.0629. The lowest BCUT2D eigenvalue weighted by Gasteiger charge is -2.34. The monoisotopic (exact) mass is 356 g/mol. The third-order valence-corrected chi connectivity index (χ3v) is 5.16. The lowest BCUT2D eigenvalue weighted by molar-refractivity contribution is -0.130. The highest BCUT2D eigenvalue weighted by Gasteiger charge is 2.23. The zero-order chi connectivity index (χ0) is 18.4. The van der Waals surface area contributed by atoms with Crippen LogP contribution in [-0.4, -0.2) is 59.3 Å². The van der Waals surface area contributed by atoms with Gasteiger partial charge in [0.1, 0.15) is 5.69 Å². The summed E-state index contributed by atoms with van der Waals surface area (Å²) in [5.41, 5.74) is 2.95. The van der Waals surface area contributed by atoms with Crippen LogP contribution in [0.3, 0.4) is 0 Å². The topological polar surface area (TPSA) is 65.5 Å². The lowest BCUT2D eigenvalue weighted by Crippen LogP contribution is -2.50. The molecular formula is C20H28N4O2. The summed E-state index contributed by atoms with van der Waals surface area (Å²) in [5.74, 6) is 0.00162. The van der Waals surface area contributed by atoms with E-state index in [9.17, 15) is 9.59 Å². The molecule has 1 N–H and O–H groups in total. The lowest BCUT2D eigenvalue weighted by atomic mass is 9.97. The molecule has 0 unspecified atom stereocenters. The van der Waals surface area contributed by atoms with Crippen molar-refractivity contribution in [1.82, 2.24) is 14.8 Å². The molecule has 0 atom stereocenters. The highest BCUT2D eigenvalue weighted by molar-refractivity contribution is 5.92. The largest absolute Gasteiger partial charge is 0.383 e. The van der Waals surface area contributed by atoms with Crippen LogP contribution in [0.25, 0.3) is 0 Å². The number of piperazine rings is 1. The van der Waals surface area contributed by atoms with E-state index in [2.05, 4.69) is 16.4 Å². The third kappa shape index (κ3) is 4.84. The minimum Gasteiger partial charge on any atom is -0.383 e. The first-order valence-corrected chi connectivity index (χ1v) is 9.56. The predicted molar refractivity (Wildman–Crippen MR) is 102 cm³/mol. The molecule has 0 spiro atoms. The van der Waals surface area contributed by atoms with E-state index in [-0.39, 0.29) is 11.8 Å². The number of nitrogens with zero attached hydrogens (tertiary/aromatic N) is 3. The molecule has 1 aromatic rings. The summed E-state index contributed by atoms with van der Waals surface area (Å²) in [5, 5.41) is 3.38. The zero-order valence-corrected chi connectivity index (χ0v) is 15.5. The van der Waals surface area contributed by atoms with Crippen molar-refractivity contribution in [1.29, 1.82) is 0 Å². The molecule has 1 aliphatic heterocycles. The van der Waals surface area contributed by atoms with Crippen LogP contribution in [0.1, 0.15) is 49.5 Å². The Morgan fingerprint density at radius 1 is 1.12 bits per heavy atom. The van der Waals surface area contributed by atoms with Crippen LogP contribution in [0.2, 0.25) is 0 Å². The van der Waals surface area contributed by atoms with Crippen molar-refractivity contribution >= 4 is 17.5 Å². The van der Waals surface area contributed by atoms with Crippen molar-refractivity contribution < 1.29 is 9.59 Å². The van der Waals surface area contributed by atoms with E-state index in [0.717, 1.165) is 18.7 Å². The number of hydrogen-bond donors (Lipinski definition) is 1. The molecule has 140 valence electrons. The summed E-state index contributed by atoms with van der Waals surface area (Å²) in [6.45, 7) is 4.78. The molecule has 6 heteroatoms. The summed E-state index contributed by atoms with van der Waals surface area (Å²) in [6.07, 6.45) is 10.2. The molecule has 0 aromatic carbocycles. The van der Waals surface area contributed by atoms with Crippen molar-refractivity contribution in [2.75, 3.05) is 38.0 Å². The Morgan fingerprint density at radius 2 is 1.88 bits per heavy atom. The summed E-state index contributed by atoms with van der Waals surface area (Å²) in [4.78, 5) is 31.8. The number of pyridine rings is 1. The fourth-order valence-corrected chi connectivity index (χ4v) is 3.51. The summed E-state index contributed by atoms with van der Waals surface area (Å²) >= 11 is 0. The molecule has 26 heavy (non-hydrogen) atoms. The van der Waals surface area contributed by atoms with Gasteiger partial charge in [0.25, 0.3) is 5.91 Å². The molecule has 1 aliphatic carbocycles. The maximum Gasteiger partial charge on any atom is 0.272 e. The first-order chi connectivity index (χ1) is 12.6. The molecular weight excluding hydrogens is 328 g/mol. The van der Waals surface area contributed by atoms with Gasteiger partial charge in [-0.1, -0.05) is 11.6 Å². The fraction of sp³-hybridized carbons (Fsp3) is 0.550. The van der Waals surface area contributed by atoms with Gasteiger partial charge in [0, 0.05) is 39.6 Å². The highest BCUT2D eigenvalue weighted by Crippen LogP contribution is 2.20. The van der Waals surface area contributed by atoms with Gasteiger partial charge in [-0.05, 0) is 44.2 Å². The Morgan fingerprint density at radius 3 is 2.50 bits per heavy atom. The minimum atomic E-state index is -0.0629. The first-order valence-electron chi connectivity index (χ1n) is 9.56. The Balaban J connectivity index is 1.47. The Kier molecular flexibility index (Phi) is 6.26. The van der Waals surface area contributed by atoms with Gasteiger partial charge >= 0.3 is 0 Å². The molecule has 2 amide bonds. The van der Waals surface area contributed by atoms with Crippen LogP contribution in [0, 0.1) is 0 Å². The number of carbonyl (C=O) groups is 2. The fourth-order valence-electron chi connectivity index (χ4n) is 3.51. The molecule has 2 heterocycles. The molecule has 2 aliphatic rings. The second kappa shape index (κ2) is 8.83. The van der Waals surface area contributed by atoms with E-state index in [0.29, 0.717) is 31.9 Å². The van der Waals surface area contributed by atoms with Crippen LogP contribution in [0.15, 0.2) is 30.0 Å². The number of allylic oxidation sites excluding steroid dienone is 1. The highest BCUT2D eigenvalue weighted by atomic mass is 16.2. The normalized spacial score (nSPS) is 17.7. The maximum atomic E-state index is 12.5. The van der Waals surface area contributed by atoms with Crippen LogP contribution in [-0.2, 0) is 4.79 Å². The molecule has 6 nitrogen and oxygen atoms in total. The summed E-state index contributed by atoms with van der Waals surface area (Å²) in [6, 6.07) is 3.70. The number of carbonyl (C=O) groups excluding carboxylic acids is 2. The number of amides is 2. The van der Waals surface area contributed by atoms with Crippen LogP contribution >= 0.6 is 0 Å². The van der Waals surface area contributed by atoms with Crippen LogP contribution in [0.4, 0.5) is 5.69 Å². The molecule has 3 rings (SSSR count). The first kappa shape index (κ1) is 18.4. The van der Waals surface area contributed by atoms with Crippen molar-refractivity contribution in [3.8, 4) is 0 Å². The second-order valence-electron chi connectivity index (χ2n) is 7.02. The standard InChI is InChI=1S/C20H28N4O2/c1-16(25)23-11-13-24(14-12-23)20(26)19-8-7-18(15-22-19)21-10-9-17-5-3-2-4-6-17/h5,7-8,15,21H,2-4,6,9-14H2,1H3. The van der Waals surface area contributed by atoms with E-state index in [1.54, 1.807) is 34.6 Å². The van der Waals surface area contributed by atoms with Crippen molar-refractivity contribution in [3.05, 3.63) is 35.7 Å². The maximum absolute atomic E-state index is 12.5. The molecule has 1 aromatic heterocycles. The van der Waals surface area contributed by atoms with Gasteiger partial charge in [-0.2, -0.15) is 0 Å². The van der Waals surface area contributed by atoms with Crippen molar-refractivity contribution in [2.24, 2.45) is 0 Å². The Hall–Kier alpha value is -2.37. The van der Waals surface area contributed by atoms with Crippen LogP contribution in [0.5, 0.6) is 0 Å². The Bertz CT molecular complexity index is 661. The quantitative estimate of drug-likeness (QED) is 0.824. The van der Waals surface area contributed by atoms with E-state index in [1.165, 1.54) is 25.7 Å². The van der Waals surface area contributed by atoms with Gasteiger partial charge in [-0.25, -0.2) is 4.98 Å². The van der Waals surface area contributed by atoms with E-state index in [1.807, 2.05) is 6.07 Å². The number of rotatable bonds is 5. The molecule has 0 saturated carbocycles. The van der Waals surface area contributed by atoms with Crippen molar-refractivity contribution in [2.45, 2.75) is 39.0 Å². The average Bonchev–Trinajstić information content (AvgIpc) is 2.69. The number of anilines is 1. The number of aromatic nitrogens is 1. The average molecular weight is 356 g/mol. The predicted octanol–water partition coefficient (Wildman–Crippen LogP) is 2.69. The van der Waals surface area contributed by atoms with E-state index in [4.69, 9.17) is 0 Å². The summed E-state index contributed by atoms with van der Waals surface area (Å²) in [7, 11) is 0. The van der Waals surface area contributed by atoms with Gasteiger partial charge in [0.05, 0.1) is 11.9 Å². The number of hydrogen-bond acceptors (Lipinski definition) is 4. The SMILES string of the molecule is CC(=O)N1CCN(C(=O)c2ccc(NCCC3=CCCCC3)cn2)CC1. The van der Waals surface area contributed by atoms with E-state index >= 15 is 0 Å². The molecule has 1 fully saturated rings. The van der Waals surface area contributed by atoms with Gasteiger partial charge in [0.15, 0.2) is 0 Å². The van der Waals surface area contributed by atoms with Gasteiger partial charge in [-0.15, -0.1) is 0 Å². The molecule has 0 radical (unpaired) electrons. The Labute approximate surface area is 155 Å². The summed E-state index contributed by atoms with van der Waals surface area (Å²) < 4.78 is 0. The number of nitrogens with one attached hydrogen (secondary N) is 1. The molecule has 0 bridgehead atoms. The smallest absolute Gasteiger partial charge is 0.272 e. The third-order valence-electron chi connectivity index (χ3n) is 5.16. The molecule has 1 saturated heterocycles. The van der Waals surface area contributed by atoms with E-state index < -0.39 is 0 Å².